The van der Waals surface area contributed by atoms with Crippen LogP contribution in [0.15, 0.2) is 24.3 Å². The molecule has 0 heterocycles. The van der Waals surface area contributed by atoms with E-state index in [1.807, 2.05) is 0 Å². The normalized spacial score (nSPS) is 12.1. The van der Waals surface area contributed by atoms with E-state index in [1.165, 1.54) is 83.5 Å². The van der Waals surface area contributed by atoms with Crippen molar-refractivity contribution >= 4 is 5.97 Å². The van der Waals surface area contributed by atoms with E-state index in [2.05, 4.69) is 6.92 Å². The summed E-state index contributed by atoms with van der Waals surface area (Å²) in [6.45, 7) is 2.56. The molecule has 1 aromatic carbocycles. The third kappa shape index (κ3) is 15.3. The standard InChI is InChI=1S/C26H44O4/c1-2-3-4-5-6-7-8-9-10-11-12-13-14-15-16-24(27)22-30-25-19-17-23(18-20-25)21-26(28)29/h17-20,24,27H,2-16,21-22H2,1H3,(H,28,29). The van der Waals surface area contributed by atoms with Crippen molar-refractivity contribution in [1.29, 1.82) is 0 Å². The van der Waals surface area contributed by atoms with Gasteiger partial charge in [-0.1, -0.05) is 109 Å². The van der Waals surface area contributed by atoms with Crippen molar-refractivity contribution in [3.63, 3.8) is 0 Å². The van der Waals surface area contributed by atoms with E-state index < -0.39 is 12.1 Å². The second kappa shape index (κ2) is 18.2. The highest BCUT2D eigenvalue weighted by atomic mass is 16.5. The van der Waals surface area contributed by atoms with Gasteiger partial charge in [0.05, 0.1) is 12.5 Å². The van der Waals surface area contributed by atoms with Crippen LogP contribution in [0.1, 0.15) is 109 Å². The highest BCUT2D eigenvalue weighted by Gasteiger charge is 2.06. The van der Waals surface area contributed by atoms with Gasteiger partial charge in [-0.15, -0.1) is 0 Å². The van der Waals surface area contributed by atoms with Gasteiger partial charge in [-0.05, 0) is 24.1 Å². The van der Waals surface area contributed by atoms with Crippen LogP contribution in [0.25, 0.3) is 0 Å². The quantitative estimate of drug-likeness (QED) is 0.225. The number of carboxylic acids is 1. The first-order chi connectivity index (χ1) is 14.6. The molecule has 172 valence electrons. The van der Waals surface area contributed by atoms with Gasteiger partial charge in [0.25, 0.3) is 0 Å². The lowest BCUT2D eigenvalue weighted by Gasteiger charge is -2.12. The van der Waals surface area contributed by atoms with Crippen LogP contribution in [0.5, 0.6) is 5.75 Å². The number of rotatable bonds is 20. The minimum atomic E-state index is -0.841. The Balaban J connectivity index is 1.89. The van der Waals surface area contributed by atoms with Gasteiger partial charge in [0, 0.05) is 0 Å². The maximum atomic E-state index is 10.7. The lowest BCUT2D eigenvalue weighted by Crippen LogP contribution is -2.17. The number of carboxylic acid groups (broad SMARTS) is 1. The van der Waals surface area contributed by atoms with Gasteiger partial charge >= 0.3 is 5.97 Å². The smallest absolute Gasteiger partial charge is 0.307 e. The van der Waals surface area contributed by atoms with Crippen molar-refractivity contribution in [2.45, 2.75) is 116 Å². The van der Waals surface area contributed by atoms with Crippen LogP contribution in [0.2, 0.25) is 0 Å². The van der Waals surface area contributed by atoms with Gasteiger partial charge in [-0.3, -0.25) is 4.79 Å². The number of ether oxygens (including phenoxy) is 1. The van der Waals surface area contributed by atoms with E-state index >= 15 is 0 Å². The molecule has 0 fully saturated rings. The number of benzene rings is 1. The fourth-order valence-electron chi connectivity index (χ4n) is 3.73. The Morgan fingerprint density at radius 1 is 0.800 bits per heavy atom. The molecular weight excluding hydrogens is 376 g/mol. The monoisotopic (exact) mass is 420 g/mol. The molecule has 0 saturated carbocycles. The van der Waals surface area contributed by atoms with Crippen LogP contribution < -0.4 is 4.74 Å². The molecule has 4 heteroatoms. The Hall–Kier alpha value is -1.55. The topological polar surface area (TPSA) is 66.8 Å². The molecule has 0 radical (unpaired) electrons. The fraction of sp³-hybridized carbons (Fsp3) is 0.731. The molecule has 0 saturated heterocycles. The summed E-state index contributed by atoms with van der Waals surface area (Å²) in [4.78, 5) is 10.7. The molecule has 1 rings (SSSR count). The SMILES string of the molecule is CCCCCCCCCCCCCCCCC(O)COc1ccc(CC(=O)O)cc1. The summed E-state index contributed by atoms with van der Waals surface area (Å²) in [7, 11) is 0. The van der Waals surface area contributed by atoms with E-state index in [-0.39, 0.29) is 13.0 Å². The van der Waals surface area contributed by atoms with Crippen molar-refractivity contribution in [2.24, 2.45) is 0 Å². The first kappa shape index (κ1) is 26.5. The predicted octanol–water partition coefficient (Wildman–Crippen LogP) is 6.92. The summed E-state index contributed by atoms with van der Waals surface area (Å²) >= 11 is 0. The van der Waals surface area contributed by atoms with Gasteiger partial charge in [0.15, 0.2) is 0 Å². The molecule has 0 aliphatic heterocycles. The number of hydrogen-bond acceptors (Lipinski definition) is 3. The molecule has 30 heavy (non-hydrogen) atoms. The number of aliphatic carboxylic acids is 1. The minimum absolute atomic E-state index is 0.0159. The highest BCUT2D eigenvalue weighted by Crippen LogP contribution is 2.15. The van der Waals surface area contributed by atoms with Gasteiger partial charge in [0.1, 0.15) is 12.4 Å². The van der Waals surface area contributed by atoms with Crippen LogP contribution in [0, 0.1) is 0 Å². The highest BCUT2D eigenvalue weighted by molar-refractivity contribution is 5.70. The van der Waals surface area contributed by atoms with Crippen LogP contribution in [-0.2, 0) is 11.2 Å². The Morgan fingerprint density at radius 3 is 1.73 bits per heavy atom. The van der Waals surface area contributed by atoms with Crippen LogP contribution in [-0.4, -0.2) is 28.9 Å². The van der Waals surface area contributed by atoms with Gasteiger partial charge in [-0.2, -0.15) is 0 Å². The maximum Gasteiger partial charge on any atom is 0.307 e. The Kier molecular flexibility index (Phi) is 16.1. The van der Waals surface area contributed by atoms with Crippen LogP contribution in [0.3, 0.4) is 0 Å². The predicted molar refractivity (Wildman–Crippen MR) is 124 cm³/mol. The summed E-state index contributed by atoms with van der Waals surface area (Å²) in [5.74, 6) is -0.170. The minimum Gasteiger partial charge on any atom is -0.491 e. The first-order valence-electron chi connectivity index (χ1n) is 12.2. The lowest BCUT2D eigenvalue weighted by molar-refractivity contribution is -0.136. The summed E-state index contributed by atoms with van der Waals surface area (Å²) in [5.41, 5.74) is 0.748. The number of aliphatic hydroxyl groups is 1. The molecule has 1 atom stereocenters. The third-order valence-corrected chi connectivity index (χ3v) is 5.61. The molecular formula is C26H44O4. The average Bonchev–Trinajstić information content (AvgIpc) is 2.73. The maximum absolute atomic E-state index is 10.7. The third-order valence-electron chi connectivity index (χ3n) is 5.61. The Morgan fingerprint density at radius 2 is 1.27 bits per heavy atom. The zero-order valence-electron chi connectivity index (χ0n) is 19.1. The molecule has 1 unspecified atom stereocenters. The zero-order valence-corrected chi connectivity index (χ0v) is 19.1. The second-order valence-electron chi connectivity index (χ2n) is 8.56. The van der Waals surface area contributed by atoms with Gasteiger partial charge < -0.3 is 14.9 Å². The second-order valence-corrected chi connectivity index (χ2v) is 8.56. The van der Waals surface area contributed by atoms with Crippen molar-refractivity contribution < 1.29 is 19.7 Å². The number of hydrogen-bond donors (Lipinski definition) is 2. The molecule has 0 aliphatic carbocycles. The fourth-order valence-corrected chi connectivity index (χ4v) is 3.73. The molecule has 0 aliphatic rings. The summed E-state index contributed by atoms with van der Waals surface area (Å²) < 4.78 is 5.60. The number of aliphatic hydroxyl groups excluding tert-OH is 1. The first-order valence-corrected chi connectivity index (χ1v) is 12.2. The molecule has 4 nitrogen and oxygen atoms in total. The van der Waals surface area contributed by atoms with Crippen molar-refractivity contribution in [3.05, 3.63) is 29.8 Å². The average molecular weight is 421 g/mol. The molecule has 0 amide bonds. The summed E-state index contributed by atoms with van der Waals surface area (Å²) in [6, 6.07) is 7.03. The van der Waals surface area contributed by atoms with Crippen molar-refractivity contribution in [3.8, 4) is 5.75 Å². The van der Waals surface area contributed by atoms with Gasteiger partial charge in [-0.25, -0.2) is 0 Å². The van der Waals surface area contributed by atoms with E-state index in [4.69, 9.17) is 9.84 Å². The van der Waals surface area contributed by atoms with Crippen molar-refractivity contribution in [2.75, 3.05) is 6.61 Å². The molecule has 0 aromatic heterocycles. The number of carbonyl (C=O) groups is 1. The van der Waals surface area contributed by atoms with E-state index in [1.54, 1.807) is 24.3 Å². The Labute approximate surface area is 184 Å². The molecule has 0 bridgehead atoms. The molecule has 0 spiro atoms. The number of unbranched alkanes of at least 4 members (excludes halogenated alkanes) is 13. The molecule has 2 N–H and O–H groups in total. The molecule has 1 aromatic rings. The summed E-state index contributed by atoms with van der Waals surface area (Å²) in [5, 5.41) is 18.8. The van der Waals surface area contributed by atoms with Gasteiger partial charge in [0.2, 0.25) is 0 Å². The van der Waals surface area contributed by atoms with E-state index in [9.17, 15) is 9.90 Å². The van der Waals surface area contributed by atoms with Crippen LogP contribution in [0.4, 0.5) is 0 Å². The Bertz CT molecular complexity index is 526. The van der Waals surface area contributed by atoms with E-state index in [0.717, 1.165) is 18.4 Å². The summed E-state index contributed by atoms with van der Waals surface area (Å²) in [6.07, 6.45) is 19.0. The van der Waals surface area contributed by atoms with Crippen LogP contribution >= 0.6 is 0 Å². The zero-order chi connectivity index (χ0) is 21.9. The lowest BCUT2D eigenvalue weighted by atomic mass is 10.0. The van der Waals surface area contributed by atoms with E-state index in [0.29, 0.717) is 5.75 Å². The van der Waals surface area contributed by atoms with Crippen molar-refractivity contribution in [1.82, 2.24) is 0 Å². The largest absolute Gasteiger partial charge is 0.491 e.